The van der Waals surface area contributed by atoms with Crippen molar-refractivity contribution in [3.8, 4) is 0 Å². The maximum Gasteiger partial charge on any atom is 0.410 e. The fourth-order valence-corrected chi connectivity index (χ4v) is 3.45. The van der Waals surface area contributed by atoms with Crippen LogP contribution in [-0.4, -0.2) is 74.4 Å². The number of ether oxygens (including phenoxy) is 2. The van der Waals surface area contributed by atoms with E-state index in [1.54, 1.807) is 4.90 Å². The average Bonchev–Trinajstić information content (AvgIpc) is 2.65. The molecule has 2 heterocycles. The van der Waals surface area contributed by atoms with E-state index in [-0.39, 0.29) is 12.2 Å². The summed E-state index contributed by atoms with van der Waals surface area (Å²) in [4.78, 5) is 16.4. The number of piperidine rings is 1. The fraction of sp³-hybridized carbons (Fsp3) is 0.632. The predicted molar refractivity (Wildman–Crippen MR) is 96.5 cm³/mol. The summed E-state index contributed by atoms with van der Waals surface area (Å²) in [6.07, 6.45) is 2.22. The molecule has 2 aliphatic rings. The van der Waals surface area contributed by atoms with Crippen LogP contribution in [0.1, 0.15) is 18.4 Å². The largest absolute Gasteiger partial charge is 0.445 e. The third kappa shape index (κ3) is 5.70. The van der Waals surface area contributed by atoms with E-state index < -0.39 is 0 Å². The normalized spacial score (nSPS) is 24.9. The molecule has 0 radical (unpaired) electrons. The summed E-state index contributed by atoms with van der Waals surface area (Å²) < 4.78 is 11.2. The van der Waals surface area contributed by atoms with Crippen molar-refractivity contribution in [3.63, 3.8) is 0 Å². The number of carbonyl (C=O) groups excluding carboxylic acids is 1. The van der Waals surface area contributed by atoms with Crippen molar-refractivity contribution in [2.24, 2.45) is 0 Å². The molecule has 2 unspecified atom stereocenters. The van der Waals surface area contributed by atoms with Gasteiger partial charge in [0.1, 0.15) is 6.61 Å². The van der Waals surface area contributed by atoms with E-state index in [9.17, 15) is 4.79 Å². The third-order valence-corrected chi connectivity index (χ3v) is 4.86. The first-order valence-corrected chi connectivity index (χ1v) is 9.20. The number of benzene rings is 1. The maximum atomic E-state index is 12.3. The van der Waals surface area contributed by atoms with Gasteiger partial charge in [-0.3, -0.25) is 0 Å². The molecule has 2 atom stereocenters. The number of carbonyl (C=O) groups is 1. The van der Waals surface area contributed by atoms with Gasteiger partial charge in [0.2, 0.25) is 0 Å². The van der Waals surface area contributed by atoms with E-state index in [1.807, 2.05) is 30.3 Å². The summed E-state index contributed by atoms with van der Waals surface area (Å²) in [5, 5.41) is 3.59. The highest BCUT2D eigenvalue weighted by molar-refractivity contribution is 5.67. The molecule has 2 fully saturated rings. The van der Waals surface area contributed by atoms with Crippen molar-refractivity contribution in [1.82, 2.24) is 15.1 Å². The van der Waals surface area contributed by atoms with E-state index in [0.29, 0.717) is 32.3 Å². The van der Waals surface area contributed by atoms with Crippen LogP contribution in [-0.2, 0) is 16.1 Å². The molecular weight excluding hydrogens is 318 g/mol. The van der Waals surface area contributed by atoms with E-state index in [4.69, 9.17) is 9.47 Å². The first kappa shape index (κ1) is 18.2. The summed E-state index contributed by atoms with van der Waals surface area (Å²) in [6.45, 7) is 5.10. The Bertz CT molecular complexity index is 540. The molecule has 0 bridgehead atoms. The van der Waals surface area contributed by atoms with Crippen LogP contribution in [0.4, 0.5) is 4.79 Å². The number of amides is 1. The molecule has 6 nitrogen and oxygen atoms in total. The highest BCUT2D eigenvalue weighted by Crippen LogP contribution is 2.11. The molecule has 0 spiro atoms. The van der Waals surface area contributed by atoms with Crippen LogP contribution in [0.3, 0.4) is 0 Å². The number of likely N-dealkylation sites (tertiary alicyclic amines) is 1. The highest BCUT2D eigenvalue weighted by Gasteiger charge is 2.26. The molecule has 1 aromatic carbocycles. The topological polar surface area (TPSA) is 54.0 Å². The lowest BCUT2D eigenvalue weighted by Gasteiger charge is -2.35. The van der Waals surface area contributed by atoms with Crippen LogP contribution in [0.25, 0.3) is 0 Å². The molecule has 1 aromatic rings. The van der Waals surface area contributed by atoms with E-state index in [2.05, 4.69) is 17.3 Å². The zero-order valence-corrected chi connectivity index (χ0v) is 15.0. The van der Waals surface area contributed by atoms with Gasteiger partial charge in [0, 0.05) is 25.7 Å². The van der Waals surface area contributed by atoms with Crippen molar-refractivity contribution < 1.29 is 14.3 Å². The van der Waals surface area contributed by atoms with Crippen LogP contribution in [0.2, 0.25) is 0 Å². The summed E-state index contributed by atoms with van der Waals surface area (Å²) in [7, 11) is 2.16. The van der Waals surface area contributed by atoms with Gasteiger partial charge in [-0.1, -0.05) is 30.3 Å². The van der Waals surface area contributed by atoms with Gasteiger partial charge in [-0.05, 0) is 32.0 Å². The number of morpholine rings is 1. The van der Waals surface area contributed by atoms with Crippen molar-refractivity contribution in [1.29, 1.82) is 0 Å². The average molecular weight is 347 g/mol. The molecule has 25 heavy (non-hydrogen) atoms. The van der Waals surface area contributed by atoms with Crippen LogP contribution >= 0.6 is 0 Å². The van der Waals surface area contributed by atoms with E-state index in [1.165, 1.54) is 19.4 Å². The lowest BCUT2D eigenvalue weighted by molar-refractivity contribution is -0.0287. The SMILES string of the molecule is CN1CCCC(NCC2CN(C(=O)OCc3ccccc3)CCO2)C1. The quantitative estimate of drug-likeness (QED) is 0.879. The molecule has 0 saturated carbocycles. The summed E-state index contributed by atoms with van der Waals surface area (Å²) in [6, 6.07) is 10.3. The first-order chi connectivity index (χ1) is 12.2. The Hall–Kier alpha value is -1.63. The van der Waals surface area contributed by atoms with Gasteiger partial charge < -0.3 is 24.6 Å². The number of hydrogen-bond donors (Lipinski definition) is 1. The van der Waals surface area contributed by atoms with E-state index in [0.717, 1.165) is 18.7 Å². The fourth-order valence-electron chi connectivity index (χ4n) is 3.45. The minimum atomic E-state index is -0.255. The number of hydrogen-bond acceptors (Lipinski definition) is 5. The molecule has 3 rings (SSSR count). The summed E-state index contributed by atoms with van der Waals surface area (Å²) in [5.41, 5.74) is 1.00. The summed E-state index contributed by atoms with van der Waals surface area (Å²) in [5.74, 6) is 0. The molecule has 0 aliphatic carbocycles. The van der Waals surface area contributed by atoms with Crippen LogP contribution in [0.5, 0.6) is 0 Å². The zero-order chi connectivity index (χ0) is 17.5. The van der Waals surface area contributed by atoms with E-state index >= 15 is 0 Å². The first-order valence-electron chi connectivity index (χ1n) is 9.20. The Balaban J connectivity index is 1.40. The van der Waals surface area contributed by atoms with Gasteiger partial charge in [-0.15, -0.1) is 0 Å². The van der Waals surface area contributed by atoms with Crippen LogP contribution in [0.15, 0.2) is 30.3 Å². The van der Waals surface area contributed by atoms with Gasteiger partial charge in [0.25, 0.3) is 0 Å². The molecular formula is C19H29N3O3. The van der Waals surface area contributed by atoms with Gasteiger partial charge in [-0.25, -0.2) is 4.79 Å². The lowest BCUT2D eigenvalue weighted by Crippen LogP contribution is -2.52. The Morgan fingerprint density at radius 1 is 1.28 bits per heavy atom. The smallest absolute Gasteiger partial charge is 0.410 e. The number of likely N-dealkylation sites (N-methyl/N-ethyl adjacent to an activating group) is 1. The van der Waals surface area contributed by atoms with Gasteiger partial charge in [0.05, 0.1) is 19.3 Å². The monoisotopic (exact) mass is 347 g/mol. The third-order valence-electron chi connectivity index (χ3n) is 4.86. The number of nitrogens with zero attached hydrogens (tertiary/aromatic N) is 2. The van der Waals surface area contributed by atoms with Crippen molar-refractivity contribution in [2.45, 2.75) is 31.6 Å². The molecule has 138 valence electrons. The second-order valence-electron chi connectivity index (χ2n) is 6.99. The Labute approximate surface area is 150 Å². The second-order valence-corrected chi connectivity index (χ2v) is 6.99. The van der Waals surface area contributed by atoms with Crippen molar-refractivity contribution >= 4 is 6.09 Å². The molecule has 0 aromatic heterocycles. The highest BCUT2D eigenvalue weighted by atomic mass is 16.6. The van der Waals surface area contributed by atoms with Crippen LogP contribution < -0.4 is 5.32 Å². The second kappa shape index (κ2) is 9.17. The van der Waals surface area contributed by atoms with Gasteiger partial charge in [-0.2, -0.15) is 0 Å². The predicted octanol–water partition coefficient (Wildman–Crippen LogP) is 1.71. The maximum absolute atomic E-state index is 12.3. The van der Waals surface area contributed by atoms with Crippen molar-refractivity contribution in [2.75, 3.05) is 46.4 Å². The molecule has 2 saturated heterocycles. The standard InChI is InChI=1S/C19H29N3O3/c1-21-9-5-8-17(13-21)20-12-18-14-22(10-11-24-18)19(23)25-15-16-6-3-2-4-7-16/h2-4,6-7,17-18,20H,5,8-15H2,1H3. The van der Waals surface area contributed by atoms with Gasteiger partial charge >= 0.3 is 6.09 Å². The number of nitrogens with one attached hydrogen (secondary N) is 1. The Morgan fingerprint density at radius 3 is 2.92 bits per heavy atom. The number of rotatable bonds is 5. The molecule has 1 amide bonds. The Morgan fingerprint density at radius 2 is 2.12 bits per heavy atom. The van der Waals surface area contributed by atoms with Crippen molar-refractivity contribution in [3.05, 3.63) is 35.9 Å². The van der Waals surface area contributed by atoms with Crippen LogP contribution in [0, 0.1) is 0 Å². The molecule has 6 heteroatoms. The minimum absolute atomic E-state index is 0.0326. The lowest BCUT2D eigenvalue weighted by atomic mass is 10.1. The molecule has 2 aliphatic heterocycles. The van der Waals surface area contributed by atoms with Gasteiger partial charge in [0.15, 0.2) is 0 Å². The Kier molecular flexibility index (Phi) is 6.67. The molecule has 1 N–H and O–H groups in total. The minimum Gasteiger partial charge on any atom is -0.445 e. The zero-order valence-electron chi connectivity index (χ0n) is 15.0. The summed E-state index contributed by atoms with van der Waals surface area (Å²) >= 11 is 0.